The summed E-state index contributed by atoms with van der Waals surface area (Å²) >= 11 is 0. The zero-order chi connectivity index (χ0) is 18.6. The number of rotatable bonds is 8. The van der Waals surface area contributed by atoms with E-state index in [4.69, 9.17) is 4.52 Å². The van der Waals surface area contributed by atoms with Gasteiger partial charge in [-0.15, -0.1) is 0 Å². The van der Waals surface area contributed by atoms with Crippen molar-refractivity contribution in [2.24, 2.45) is 30.3 Å². The summed E-state index contributed by atoms with van der Waals surface area (Å²) in [6.45, 7) is 0. The van der Waals surface area contributed by atoms with Crippen LogP contribution in [0.5, 0.6) is 0 Å². The van der Waals surface area contributed by atoms with E-state index in [0.29, 0.717) is 17.0 Å². The molecule has 0 aromatic rings. The topological polar surface area (TPSA) is 149 Å². The van der Waals surface area contributed by atoms with Gasteiger partial charge in [0.1, 0.15) is 42.3 Å². The molecule has 0 aromatic heterocycles. The van der Waals surface area contributed by atoms with Gasteiger partial charge in [-0.3, -0.25) is 4.79 Å². The number of carbonyl (C=O) groups excluding carboxylic acids is 6. The van der Waals surface area contributed by atoms with Crippen molar-refractivity contribution in [2.75, 3.05) is 0 Å². The van der Waals surface area contributed by atoms with Crippen LogP contribution in [0.4, 0.5) is 0 Å². The standard InChI is InChI=1S/C12H10N3O7P3/c16-3-9-1-2-12(8-21,22-25-14-23-13-24-15-25)11(6-19,7-20)10(9,4-17)5-18/h1-9,25H. The molecule has 2 rings (SSSR count). The van der Waals surface area contributed by atoms with Crippen LogP contribution in [-0.4, -0.2) is 43.3 Å². The Labute approximate surface area is 144 Å². The minimum Gasteiger partial charge on any atom is -0.309 e. The molecule has 0 spiro atoms. The van der Waals surface area contributed by atoms with Crippen molar-refractivity contribution in [1.82, 2.24) is 0 Å². The molecule has 13 heteroatoms. The highest BCUT2D eigenvalue weighted by atomic mass is 31.2. The first-order chi connectivity index (χ1) is 12.0. The predicted octanol–water partition coefficient (Wildman–Crippen LogP) is 1.42. The van der Waals surface area contributed by atoms with E-state index in [9.17, 15) is 28.8 Å². The summed E-state index contributed by atoms with van der Waals surface area (Å²) < 4.78 is 17.2. The molecule has 130 valence electrons. The highest BCUT2D eigenvalue weighted by Crippen LogP contribution is 2.56. The summed E-state index contributed by atoms with van der Waals surface area (Å²) in [5.74, 6) is -1.42. The van der Waals surface area contributed by atoms with Crippen LogP contribution in [0, 0.1) is 16.7 Å². The molecular weight excluding hydrogens is 391 g/mol. The average molecular weight is 401 g/mol. The minimum absolute atomic E-state index is 0.0117. The summed E-state index contributed by atoms with van der Waals surface area (Å²) in [7, 11) is -1.79. The first-order valence-corrected chi connectivity index (χ1v) is 9.49. The quantitative estimate of drug-likeness (QED) is 0.258. The van der Waals surface area contributed by atoms with E-state index in [1.54, 1.807) is 0 Å². The number of nitrogens with zero attached hydrogens (tertiary/aromatic N) is 3. The average Bonchev–Trinajstić information content (AvgIpc) is 2.68. The van der Waals surface area contributed by atoms with E-state index in [-0.39, 0.29) is 37.7 Å². The minimum atomic E-state index is -2.57. The van der Waals surface area contributed by atoms with Gasteiger partial charge in [0.05, 0.1) is 5.92 Å². The van der Waals surface area contributed by atoms with Crippen LogP contribution in [0.15, 0.2) is 25.7 Å². The van der Waals surface area contributed by atoms with E-state index >= 15 is 0 Å². The lowest BCUT2D eigenvalue weighted by Gasteiger charge is -2.49. The van der Waals surface area contributed by atoms with Gasteiger partial charge in [0.15, 0.2) is 28.9 Å². The van der Waals surface area contributed by atoms with Crippen LogP contribution in [0.1, 0.15) is 0 Å². The molecule has 0 amide bonds. The Hall–Kier alpha value is -1.85. The van der Waals surface area contributed by atoms with Gasteiger partial charge in [-0.05, 0) is 6.08 Å². The molecule has 0 aromatic carbocycles. The SMILES string of the molecule is O=CC1C=CC(C=O)(O[PH]2=NP=NP=N2)C(C=O)(C=O)C1(C=O)C=O. The van der Waals surface area contributed by atoms with Crippen LogP contribution >= 0.6 is 25.1 Å². The molecule has 0 N–H and O–H groups in total. The Morgan fingerprint density at radius 1 is 0.960 bits per heavy atom. The Morgan fingerprint density at radius 2 is 1.64 bits per heavy atom. The molecule has 0 bridgehead atoms. The Kier molecular flexibility index (Phi) is 5.91. The van der Waals surface area contributed by atoms with Crippen molar-refractivity contribution in [3.63, 3.8) is 0 Å². The van der Waals surface area contributed by atoms with E-state index in [1.165, 1.54) is 0 Å². The third-order valence-electron chi connectivity index (χ3n) is 4.15. The van der Waals surface area contributed by atoms with E-state index in [2.05, 4.69) is 13.5 Å². The van der Waals surface area contributed by atoms with Gasteiger partial charge in [0.2, 0.25) is 8.09 Å². The Bertz CT molecular complexity index is 747. The maximum atomic E-state index is 11.9. The zero-order valence-corrected chi connectivity index (χ0v) is 15.1. The van der Waals surface area contributed by atoms with Gasteiger partial charge in [0.25, 0.3) is 0 Å². The van der Waals surface area contributed by atoms with Gasteiger partial charge in [0, 0.05) is 0 Å². The summed E-state index contributed by atoms with van der Waals surface area (Å²) in [6.07, 6.45) is 2.50. The molecule has 1 heterocycles. The molecule has 0 radical (unpaired) electrons. The summed E-state index contributed by atoms with van der Waals surface area (Å²) in [4.78, 5) is 70.5. The number of hydrogen-bond donors (Lipinski definition) is 0. The molecule has 3 unspecified atom stereocenters. The molecule has 1 aliphatic heterocycles. The molecule has 0 fully saturated rings. The predicted molar refractivity (Wildman–Crippen MR) is 87.1 cm³/mol. The Morgan fingerprint density at radius 3 is 2.08 bits per heavy atom. The molecule has 25 heavy (non-hydrogen) atoms. The first-order valence-electron chi connectivity index (χ1n) is 6.59. The molecule has 0 saturated carbocycles. The number of carbonyl (C=O) groups is 6. The van der Waals surface area contributed by atoms with Gasteiger partial charge in [-0.2, -0.15) is 13.5 Å². The van der Waals surface area contributed by atoms with Crippen LogP contribution in [0.3, 0.4) is 0 Å². The van der Waals surface area contributed by atoms with Crippen molar-refractivity contribution in [2.45, 2.75) is 5.60 Å². The van der Waals surface area contributed by atoms with Gasteiger partial charge < -0.3 is 28.5 Å². The third kappa shape index (κ3) is 2.66. The molecule has 1 aliphatic carbocycles. The highest BCUT2D eigenvalue weighted by Gasteiger charge is 2.69. The van der Waals surface area contributed by atoms with Crippen LogP contribution in [-0.2, 0) is 33.3 Å². The lowest BCUT2D eigenvalue weighted by molar-refractivity contribution is -0.169. The maximum absolute atomic E-state index is 11.9. The first kappa shape index (κ1) is 19.5. The summed E-state index contributed by atoms with van der Waals surface area (Å²) in [5, 5.41) is 0. The second-order valence-electron chi connectivity index (χ2n) is 5.06. The molecular formula is C12H10N3O7P3. The van der Waals surface area contributed by atoms with Crippen LogP contribution < -0.4 is 0 Å². The number of allylic oxidation sites excluding steroid dienone is 1. The maximum Gasteiger partial charge on any atom is 0.201 e. The van der Waals surface area contributed by atoms with Gasteiger partial charge in [-0.1, -0.05) is 6.08 Å². The molecule has 3 atom stereocenters. The highest BCUT2D eigenvalue weighted by molar-refractivity contribution is 7.56. The van der Waals surface area contributed by atoms with E-state index < -0.39 is 30.4 Å². The normalized spacial score (nSPS) is 32.6. The number of hydrogen-bond acceptors (Lipinski definition) is 10. The number of aldehydes is 6. The summed E-state index contributed by atoms with van der Waals surface area (Å²) in [6, 6.07) is 0. The van der Waals surface area contributed by atoms with Crippen molar-refractivity contribution < 1.29 is 33.3 Å². The fourth-order valence-corrected chi connectivity index (χ4v) is 5.97. The molecule has 2 aliphatic rings. The fraction of sp³-hybridized carbons (Fsp3) is 0.333. The van der Waals surface area contributed by atoms with E-state index in [0.717, 1.165) is 12.2 Å². The van der Waals surface area contributed by atoms with Crippen molar-refractivity contribution >= 4 is 62.9 Å². The van der Waals surface area contributed by atoms with Crippen molar-refractivity contribution in [3.05, 3.63) is 12.2 Å². The third-order valence-corrected chi connectivity index (χ3v) is 7.39. The second kappa shape index (κ2) is 7.58. The van der Waals surface area contributed by atoms with E-state index in [1.807, 2.05) is 0 Å². The lowest BCUT2D eigenvalue weighted by atomic mass is 9.50. The zero-order valence-electron chi connectivity index (χ0n) is 12.3. The van der Waals surface area contributed by atoms with Crippen molar-refractivity contribution in [3.8, 4) is 0 Å². The smallest absolute Gasteiger partial charge is 0.201 e. The van der Waals surface area contributed by atoms with Crippen molar-refractivity contribution in [1.29, 1.82) is 0 Å². The van der Waals surface area contributed by atoms with Gasteiger partial charge >= 0.3 is 0 Å². The molecule has 10 nitrogen and oxygen atoms in total. The lowest BCUT2D eigenvalue weighted by Crippen LogP contribution is -2.66. The van der Waals surface area contributed by atoms with Crippen LogP contribution in [0.25, 0.3) is 0 Å². The Balaban J connectivity index is 2.79. The monoisotopic (exact) mass is 401 g/mol. The second-order valence-corrected chi connectivity index (χ2v) is 8.50. The molecule has 0 saturated heterocycles. The van der Waals surface area contributed by atoms with Crippen LogP contribution in [0.2, 0.25) is 0 Å². The van der Waals surface area contributed by atoms with Gasteiger partial charge in [-0.25, -0.2) is 0 Å². The largest absolute Gasteiger partial charge is 0.309 e. The summed E-state index contributed by atoms with van der Waals surface area (Å²) in [5.41, 5.74) is -7.30. The fourth-order valence-electron chi connectivity index (χ4n) is 2.74.